The molecule has 2 unspecified atom stereocenters. The minimum atomic E-state index is -4.62. The highest BCUT2D eigenvalue weighted by Crippen LogP contribution is 2.38. The van der Waals surface area contributed by atoms with Crippen LogP contribution in [0.25, 0.3) is 0 Å². The largest absolute Gasteiger partial charge is 0.756 e. The fourth-order valence-electron chi connectivity index (χ4n) is 5.81. The average molecular weight is 772 g/mol. The van der Waals surface area contributed by atoms with E-state index in [-0.39, 0.29) is 32.0 Å². The third kappa shape index (κ3) is 40.0. The number of carbonyl (C=O) groups excluding carboxylic acids is 2. The molecule has 0 aliphatic heterocycles. The minimum Gasteiger partial charge on any atom is -0.756 e. The van der Waals surface area contributed by atoms with Gasteiger partial charge in [0.25, 0.3) is 7.82 Å². The predicted molar refractivity (Wildman–Crippen MR) is 218 cm³/mol. The lowest BCUT2D eigenvalue weighted by Gasteiger charge is -2.28. The SMILES string of the molecule is CCC/C=C\C/C=C\CCCCCCCC(=O)OC(COC(=O)CCCCCCCCCCCCCCCCCC)COP(=O)([O-])OCC[N+](C)(C)C. The highest BCUT2D eigenvalue weighted by molar-refractivity contribution is 7.45. The lowest BCUT2D eigenvalue weighted by Crippen LogP contribution is -2.37. The van der Waals surface area contributed by atoms with Crippen LogP contribution in [-0.2, 0) is 32.7 Å². The number of hydrogen-bond donors (Lipinski definition) is 0. The lowest BCUT2D eigenvalue weighted by atomic mass is 10.0. The van der Waals surface area contributed by atoms with Gasteiger partial charge in [-0.25, -0.2) is 0 Å². The van der Waals surface area contributed by atoms with Gasteiger partial charge < -0.3 is 27.9 Å². The van der Waals surface area contributed by atoms with Gasteiger partial charge in [0.05, 0.1) is 27.7 Å². The number of phosphoric acid groups is 1. The maximum atomic E-state index is 12.6. The number of quaternary nitrogens is 1. The standard InChI is InChI=1S/C43H82NO8P/c1-6-8-10-12-14-16-18-20-21-22-24-25-27-29-31-33-35-42(45)49-39-41(40-51-53(47,48)50-38-37-44(3,4)5)52-43(46)36-34-32-30-28-26-23-19-17-15-13-11-9-7-2/h11,13,17,19,41H,6-10,12,14-16,18,20-40H2,1-5H3/b13-11-,19-17-. The molecule has 0 spiro atoms. The van der Waals surface area contributed by atoms with Gasteiger partial charge in [-0.1, -0.05) is 160 Å². The highest BCUT2D eigenvalue weighted by Gasteiger charge is 2.21. The summed E-state index contributed by atoms with van der Waals surface area (Å²) < 4.78 is 33.8. The van der Waals surface area contributed by atoms with E-state index >= 15 is 0 Å². The van der Waals surface area contributed by atoms with Crippen LogP contribution in [0.2, 0.25) is 0 Å². The molecule has 0 radical (unpaired) electrons. The molecule has 0 aliphatic carbocycles. The Kier molecular flexibility index (Phi) is 35.1. The van der Waals surface area contributed by atoms with Crippen LogP contribution in [0, 0.1) is 0 Å². The van der Waals surface area contributed by atoms with Crippen LogP contribution in [0.5, 0.6) is 0 Å². The van der Waals surface area contributed by atoms with Crippen molar-refractivity contribution in [3.63, 3.8) is 0 Å². The van der Waals surface area contributed by atoms with E-state index in [0.29, 0.717) is 17.4 Å². The van der Waals surface area contributed by atoms with Gasteiger partial charge in [0.1, 0.15) is 19.8 Å². The molecule has 0 aliphatic rings. The number of hydrogen-bond acceptors (Lipinski definition) is 8. The topological polar surface area (TPSA) is 111 Å². The maximum Gasteiger partial charge on any atom is 0.306 e. The van der Waals surface area contributed by atoms with Gasteiger partial charge in [0, 0.05) is 12.8 Å². The van der Waals surface area contributed by atoms with Gasteiger partial charge >= 0.3 is 11.9 Å². The Balaban J connectivity index is 4.35. The molecule has 0 bridgehead atoms. The van der Waals surface area contributed by atoms with E-state index in [0.717, 1.165) is 64.2 Å². The number of likely N-dealkylation sites (N-methyl/N-ethyl adjacent to an activating group) is 1. The molecule has 53 heavy (non-hydrogen) atoms. The summed E-state index contributed by atoms with van der Waals surface area (Å²) in [5, 5.41) is 0. The molecule has 0 N–H and O–H groups in total. The zero-order chi connectivity index (χ0) is 39.3. The molecule has 0 fully saturated rings. The van der Waals surface area contributed by atoms with Crippen molar-refractivity contribution < 1.29 is 42.1 Å². The highest BCUT2D eigenvalue weighted by atomic mass is 31.2. The average Bonchev–Trinajstić information content (AvgIpc) is 3.10. The third-order valence-corrected chi connectivity index (χ3v) is 10.2. The summed E-state index contributed by atoms with van der Waals surface area (Å²) in [6.45, 7) is 4.15. The van der Waals surface area contributed by atoms with Gasteiger partial charge in [-0.2, -0.15) is 0 Å². The third-order valence-electron chi connectivity index (χ3n) is 9.21. The zero-order valence-corrected chi connectivity index (χ0v) is 35.9. The van der Waals surface area contributed by atoms with Crippen molar-refractivity contribution in [1.29, 1.82) is 0 Å². The van der Waals surface area contributed by atoms with Crippen LogP contribution in [0.1, 0.15) is 187 Å². The normalized spacial score (nSPS) is 13.8. The summed E-state index contributed by atoms with van der Waals surface area (Å²) in [6, 6.07) is 0. The fraction of sp³-hybridized carbons (Fsp3) is 0.860. The first-order valence-corrected chi connectivity index (χ1v) is 23.0. The second kappa shape index (κ2) is 36.1. The predicted octanol–water partition coefficient (Wildman–Crippen LogP) is 11.3. The number of phosphoric ester groups is 1. The number of rotatable bonds is 39. The van der Waals surface area contributed by atoms with Crippen LogP contribution in [-0.4, -0.2) is 70.0 Å². The minimum absolute atomic E-state index is 0.0320. The first kappa shape index (κ1) is 51.5. The lowest BCUT2D eigenvalue weighted by molar-refractivity contribution is -0.870. The smallest absolute Gasteiger partial charge is 0.306 e. The van der Waals surface area contributed by atoms with E-state index in [2.05, 4.69) is 38.2 Å². The van der Waals surface area contributed by atoms with Crippen LogP contribution >= 0.6 is 7.82 Å². The summed E-state index contributed by atoms with van der Waals surface area (Å²) in [6.07, 6.45) is 37.7. The molecule has 2 atom stereocenters. The maximum absolute atomic E-state index is 12.6. The van der Waals surface area contributed by atoms with E-state index in [9.17, 15) is 19.0 Å². The van der Waals surface area contributed by atoms with Gasteiger partial charge in [0.2, 0.25) is 0 Å². The molecule has 0 heterocycles. The second-order valence-electron chi connectivity index (χ2n) is 15.7. The molecular weight excluding hydrogens is 689 g/mol. The Labute approximate surface area is 326 Å². The summed E-state index contributed by atoms with van der Waals surface area (Å²) in [7, 11) is 1.16. The van der Waals surface area contributed by atoms with Crippen molar-refractivity contribution in [2.75, 3.05) is 47.5 Å². The molecule has 0 amide bonds. The summed E-state index contributed by atoms with van der Waals surface area (Å²) >= 11 is 0. The van der Waals surface area contributed by atoms with Crippen molar-refractivity contribution >= 4 is 19.8 Å². The van der Waals surface area contributed by atoms with E-state index in [1.54, 1.807) is 0 Å². The number of unbranched alkanes of at least 4 members (excludes halogenated alkanes) is 21. The molecule has 0 aromatic carbocycles. The van der Waals surface area contributed by atoms with Crippen molar-refractivity contribution in [2.45, 2.75) is 193 Å². The van der Waals surface area contributed by atoms with Crippen LogP contribution in [0.15, 0.2) is 24.3 Å². The Morgan fingerprint density at radius 1 is 0.585 bits per heavy atom. The zero-order valence-electron chi connectivity index (χ0n) is 35.0. The first-order valence-electron chi connectivity index (χ1n) is 21.5. The van der Waals surface area contributed by atoms with Crippen LogP contribution < -0.4 is 4.89 Å². The Morgan fingerprint density at radius 2 is 1.06 bits per heavy atom. The number of ether oxygens (including phenoxy) is 2. The van der Waals surface area contributed by atoms with Gasteiger partial charge in [-0.3, -0.25) is 14.2 Å². The molecule has 312 valence electrons. The van der Waals surface area contributed by atoms with Crippen LogP contribution in [0.4, 0.5) is 0 Å². The molecule has 0 rings (SSSR count). The number of allylic oxidation sites excluding steroid dienone is 4. The molecule has 0 aromatic heterocycles. The molecule has 0 aromatic rings. The monoisotopic (exact) mass is 772 g/mol. The van der Waals surface area contributed by atoms with Gasteiger partial charge in [-0.15, -0.1) is 0 Å². The summed E-state index contributed by atoms with van der Waals surface area (Å²) in [5.74, 6) is -0.845. The van der Waals surface area contributed by atoms with Gasteiger partial charge in [0.15, 0.2) is 6.10 Å². The molecular formula is C43H82NO8P. The van der Waals surface area contributed by atoms with Crippen molar-refractivity contribution in [2.24, 2.45) is 0 Å². The Morgan fingerprint density at radius 3 is 1.57 bits per heavy atom. The quantitative estimate of drug-likeness (QED) is 0.0200. The van der Waals surface area contributed by atoms with E-state index in [1.165, 1.54) is 89.9 Å². The number of esters is 2. The Bertz CT molecular complexity index is 964. The first-order chi connectivity index (χ1) is 25.5. The van der Waals surface area contributed by atoms with E-state index < -0.39 is 26.5 Å². The molecule has 10 heteroatoms. The van der Waals surface area contributed by atoms with E-state index in [4.69, 9.17) is 18.5 Å². The van der Waals surface area contributed by atoms with Crippen molar-refractivity contribution in [3.05, 3.63) is 24.3 Å². The number of carbonyl (C=O) groups is 2. The van der Waals surface area contributed by atoms with Crippen molar-refractivity contribution in [1.82, 2.24) is 0 Å². The van der Waals surface area contributed by atoms with Gasteiger partial charge in [-0.05, 0) is 38.5 Å². The molecule has 0 saturated heterocycles. The van der Waals surface area contributed by atoms with Crippen molar-refractivity contribution in [3.8, 4) is 0 Å². The number of nitrogens with zero attached hydrogens (tertiary/aromatic N) is 1. The second-order valence-corrected chi connectivity index (χ2v) is 17.1. The van der Waals surface area contributed by atoms with E-state index in [1.807, 2.05) is 21.1 Å². The summed E-state index contributed by atoms with van der Waals surface area (Å²) in [4.78, 5) is 37.5. The molecule has 9 nitrogen and oxygen atoms in total. The fourth-order valence-corrected chi connectivity index (χ4v) is 6.54. The molecule has 0 saturated carbocycles. The van der Waals surface area contributed by atoms with Crippen LogP contribution in [0.3, 0.4) is 0 Å². The Hall–Kier alpha value is -1.51. The summed E-state index contributed by atoms with van der Waals surface area (Å²) in [5.41, 5.74) is 0.